The third-order valence-corrected chi connectivity index (χ3v) is 14.3. The molecule has 4 saturated heterocycles. The zero-order valence-electron chi connectivity index (χ0n) is 34.3. The molecular weight excluding hydrogens is 660 g/mol. The van der Waals surface area contributed by atoms with E-state index in [-0.39, 0.29) is 77.8 Å². The Hall–Kier alpha value is -1.36. The van der Waals surface area contributed by atoms with E-state index >= 15 is 0 Å². The van der Waals surface area contributed by atoms with E-state index in [1.807, 2.05) is 20.8 Å². The lowest BCUT2D eigenvalue weighted by atomic mass is 9.73. The Morgan fingerprint density at radius 3 is 2.25 bits per heavy atom. The Morgan fingerprint density at radius 2 is 1.62 bits per heavy atom. The van der Waals surface area contributed by atoms with Gasteiger partial charge in [-0.05, 0) is 102 Å². The van der Waals surface area contributed by atoms with Crippen molar-refractivity contribution >= 4 is 11.8 Å². The van der Waals surface area contributed by atoms with Crippen LogP contribution in [0.15, 0.2) is 12.2 Å². The number of aliphatic hydroxyl groups is 1. The Labute approximate surface area is 314 Å². The smallest absolute Gasteiger partial charge is 0.311 e. The fraction of sp³-hybridized carbons (Fsp3) is 0.907. The van der Waals surface area contributed by atoms with Crippen molar-refractivity contribution < 1.29 is 43.1 Å². The monoisotopic (exact) mass is 733 g/mol. The van der Waals surface area contributed by atoms with Gasteiger partial charge >= 0.3 is 5.97 Å². The molecule has 9 nitrogen and oxygen atoms in total. The summed E-state index contributed by atoms with van der Waals surface area (Å²) in [6.45, 7) is 21.1. The second kappa shape index (κ2) is 16.4. The number of methoxy groups -OCH3 is 1. The molecule has 0 bridgehead atoms. The normalized spacial score (nSPS) is 44.7. The van der Waals surface area contributed by atoms with E-state index in [1.165, 1.54) is 7.11 Å². The van der Waals surface area contributed by atoms with E-state index in [4.69, 9.17) is 28.4 Å². The summed E-state index contributed by atoms with van der Waals surface area (Å²) in [6, 6.07) is 0. The molecule has 0 aromatic heterocycles. The van der Waals surface area contributed by atoms with Crippen LogP contribution >= 0.6 is 0 Å². The van der Waals surface area contributed by atoms with E-state index in [1.54, 1.807) is 0 Å². The molecule has 298 valence electrons. The first-order chi connectivity index (χ1) is 24.5. The molecule has 0 amide bonds. The molecule has 0 aliphatic carbocycles. The predicted octanol–water partition coefficient (Wildman–Crippen LogP) is 8.33. The first-order valence-electron chi connectivity index (χ1n) is 20.9. The SMILES string of the molecule is CCC(C(=O)OC)C1CC[C@H](C)C([C@@H](C)C[C@H](C)C(=O)[C@H](CC)[C@H]2O[C@]3(C=CC[C@]4(CC[C@@](C)([C@H]5CC[C@](O)(CC)[C@H](C)O5)O4)O3)[C@H](C)C[C@@H]2C)O1. The molecule has 5 aliphatic heterocycles. The molecule has 52 heavy (non-hydrogen) atoms. The predicted molar refractivity (Wildman–Crippen MR) is 200 cm³/mol. The Bertz CT molecular complexity index is 1270. The number of hydrogen-bond donors (Lipinski definition) is 1. The first-order valence-corrected chi connectivity index (χ1v) is 20.9. The van der Waals surface area contributed by atoms with Crippen molar-refractivity contribution in [2.45, 2.75) is 200 Å². The second-order valence-corrected chi connectivity index (χ2v) is 18.0. The van der Waals surface area contributed by atoms with Crippen molar-refractivity contribution in [1.82, 2.24) is 0 Å². The van der Waals surface area contributed by atoms with Gasteiger partial charge in [0.1, 0.15) is 5.78 Å². The Morgan fingerprint density at radius 1 is 0.904 bits per heavy atom. The maximum absolute atomic E-state index is 14.4. The van der Waals surface area contributed by atoms with Crippen LogP contribution in [0.25, 0.3) is 0 Å². The largest absolute Gasteiger partial charge is 0.469 e. The van der Waals surface area contributed by atoms with E-state index < -0.39 is 22.8 Å². The molecule has 2 spiro atoms. The number of carbonyl (C=O) groups is 2. The molecule has 9 heteroatoms. The van der Waals surface area contributed by atoms with Gasteiger partial charge in [-0.1, -0.05) is 61.5 Å². The third kappa shape index (κ3) is 8.11. The Balaban J connectivity index is 1.26. The van der Waals surface area contributed by atoms with Gasteiger partial charge in [0.05, 0.1) is 54.7 Å². The maximum atomic E-state index is 14.4. The summed E-state index contributed by atoms with van der Waals surface area (Å²) in [4.78, 5) is 26.9. The number of hydrogen-bond acceptors (Lipinski definition) is 9. The topological polar surface area (TPSA) is 110 Å². The number of esters is 1. The molecule has 3 unspecified atom stereocenters. The van der Waals surface area contributed by atoms with E-state index in [0.717, 1.165) is 44.9 Å². The van der Waals surface area contributed by atoms with Crippen LogP contribution in [0.2, 0.25) is 0 Å². The molecule has 0 aromatic carbocycles. The minimum atomic E-state index is -0.982. The minimum absolute atomic E-state index is 0.0177. The maximum Gasteiger partial charge on any atom is 0.311 e. The van der Waals surface area contributed by atoms with Gasteiger partial charge in [-0.25, -0.2) is 0 Å². The van der Waals surface area contributed by atoms with Crippen LogP contribution in [0.5, 0.6) is 0 Å². The quantitative estimate of drug-likeness (QED) is 0.156. The number of rotatable bonds is 12. The van der Waals surface area contributed by atoms with Gasteiger partial charge in [-0.15, -0.1) is 0 Å². The van der Waals surface area contributed by atoms with Gasteiger partial charge < -0.3 is 33.5 Å². The van der Waals surface area contributed by atoms with Crippen molar-refractivity contribution in [2.24, 2.45) is 41.4 Å². The van der Waals surface area contributed by atoms with Gasteiger partial charge in [0.2, 0.25) is 0 Å². The van der Waals surface area contributed by atoms with Crippen molar-refractivity contribution in [1.29, 1.82) is 0 Å². The van der Waals surface area contributed by atoms with Crippen molar-refractivity contribution in [3.8, 4) is 0 Å². The molecule has 5 heterocycles. The standard InChI is InChI=1S/C43H72O9/c1-12-32(39(45)47-11)34-17-16-26(4)37(49-34)28(6)24-27(5)36(44)33(13-2)38-29(7)25-30(8)43(50-38)20-15-19-42(52-43)23-22-40(10,51-42)35-18-21-41(46,14-3)31(9)48-35/h15,20,26-35,37-38,46H,12-14,16-19,21-25H2,1-11H3/t26-,27-,28-,29-,30+,31-,32?,33-,34?,35+,37?,38-,40-,41+,42+,43-/m0/s1. The highest BCUT2D eigenvalue weighted by molar-refractivity contribution is 5.83. The number of carbonyl (C=O) groups excluding carboxylic acids is 2. The molecular formula is C43H72O9. The van der Waals surface area contributed by atoms with Crippen LogP contribution in [-0.2, 0) is 38.0 Å². The number of Topliss-reactive ketones (excluding diaryl/α,β-unsaturated/α-hetero) is 1. The van der Waals surface area contributed by atoms with E-state index in [9.17, 15) is 14.7 Å². The average Bonchev–Trinajstić information content (AvgIpc) is 3.44. The third-order valence-electron chi connectivity index (χ3n) is 14.3. The molecule has 1 N–H and O–H groups in total. The summed E-state index contributed by atoms with van der Waals surface area (Å²) < 4.78 is 39.4. The summed E-state index contributed by atoms with van der Waals surface area (Å²) in [5.41, 5.74) is -1.34. The van der Waals surface area contributed by atoms with Gasteiger partial charge in [0.25, 0.3) is 0 Å². The molecule has 5 aliphatic rings. The summed E-state index contributed by atoms with van der Waals surface area (Å²) in [5.74, 6) is -1.69. The fourth-order valence-electron chi connectivity index (χ4n) is 10.7. The van der Waals surface area contributed by atoms with Crippen LogP contribution in [-0.4, -0.2) is 77.3 Å². The van der Waals surface area contributed by atoms with E-state index in [0.29, 0.717) is 38.0 Å². The zero-order chi connectivity index (χ0) is 38.2. The molecule has 5 rings (SSSR count). The van der Waals surface area contributed by atoms with Crippen LogP contribution < -0.4 is 0 Å². The number of ether oxygens (including phenoxy) is 6. The van der Waals surface area contributed by atoms with Crippen molar-refractivity contribution in [3.63, 3.8) is 0 Å². The lowest BCUT2D eigenvalue weighted by Crippen LogP contribution is -2.60. The number of ketones is 1. The van der Waals surface area contributed by atoms with Gasteiger partial charge in [-0.2, -0.15) is 0 Å². The summed E-state index contributed by atoms with van der Waals surface area (Å²) >= 11 is 0. The second-order valence-electron chi connectivity index (χ2n) is 18.0. The summed E-state index contributed by atoms with van der Waals surface area (Å²) in [5, 5.41) is 11.0. The average molecular weight is 733 g/mol. The molecule has 0 aromatic rings. The summed E-state index contributed by atoms with van der Waals surface area (Å²) in [7, 11) is 1.45. The summed E-state index contributed by atoms with van der Waals surface area (Å²) in [6.07, 6.45) is 12.5. The molecule has 0 saturated carbocycles. The fourth-order valence-corrected chi connectivity index (χ4v) is 10.7. The molecule has 16 atom stereocenters. The highest BCUT2D eigenvalue weighted by atomic mass is 16.8. The van der Waals surface area contributed by atoms with Crippen molar-refractivity contribution in [3.05, 3.63) is 12.2 Å². The zero-order valence-corrected chi connectivity index (χ0v) is 34.3. The van der Waals surface area contributed by atoms with Crippen LogP contribution in [0.4, 0.5) is 0 Å². The highest BCUT2D eigenvalue weighted by Crippen LogP contribution is 2.54. The minimum Gasteiger partial charge on any atom is -0.469 e. The first kappa shape index (κ1) is 41.8. The lowest BCUT2D eigenvalue weighted by Gasteiger charge is -2.53. The van der Waals surface area contributed by atoms with Crippen molar-refractivity contribution in [2.75, 3.05) is 7.11 Å². The van der Waals surface area contributed by atoms with Gasteiger partial charge in [0.15, 0.2) is 11.6 Å². The van der Waals surface area contributed by atoms with Crippen LogP contribution in [0.3, 0.4) is 0 Å². The Kier molecular flexibility index (Phi) is 13.2. The van der Waals surface area contributed by atoms with Gasteiger partial charge in [0, 0.05) is 30.6 Å². The van der Waals surface area contributed by atoms with Gasteiger partial charge in [-0.3, -0.25) is 9.59 Å². The van der Waals surface area contributed by atoms with Crippen LogP contribution in [0, 0.1) is 41.4 Å². The lowest BCUT2D eigenvalue weighted by molar-refractivity contribution is -0.393. The molecule has 4 fully saturated rings. The highest BCUT2D eigenvalue weighted by Gasteiger charge is 2.60. The molecule has 0 radical (unpaired) electrons. The van der Waals surface area contributed by atoms with E-state index in [2.05, 4.69) is 60.6 Å². The van der Waals surface area contributed by atoms with Crippen LogP contribution in [0.1, 0.15) is 146 Å².